The third-order valence-corrected chi connectivity index (χ3v) is 5.09. The van der Waals surface area contributed by atoms with Crippen LogP contribution < -0.4 is 5.32 Å². The molecular formula is C18H11ClFN3OS. The second-order valence-electron chi connectivity index (χ2n) is 5.36. The predicted octanol–water partition coefficient (Wildman–Crippen LogP) is 4.68. The van der Waals surface area contributed by atoms with E-state index in [0.717, 1.165) is 16.8 Å². The number of halogens is 2. The van der Waals surface area contributed by atoms with Crippen molar-refractivity contribution in [2.75, 3.05) is 5.32 Å². The SMILES string of the molecule is O=S1N=CNc2ccc(-c3cccnc3-c3cc(Cl)ccc3F)cc21. The topological polar surface area (TPSA) is 54.4 Å². The van der Waals surface area contributed by atoms with E-state index in [9.17, 15) is 8.60 Å². The molecule has 0 fully saturated rings. The summed E-state index contributed by atoms with van der Waals surface area (Å²) >= 11 is 6.02. The van der Waals surface area contributed by atoms with Crippen molar-refractivity contribution in [2.24, 2.45) is 4.40 Å². The largest absolute Gasteiger partial charge is 0.345 e. The molecule has 0 spiro atoms. The van der Waals surface area contributed by atoms with Crippen LogP contribution in [0.3, 0.4) is 0 Å². The van der Waals surface area contributed by atoms with E-state index in [1.807, 2.05) is 18.2 Å². The van der Waals surface area contributed by atoms with Gasteiger partial charge in [0, 0.05) is 22.3 Å². The summed E-state index contributed by atoms with van der Waals surface area (Å²) in [4.78, 5) is 4.91. The van der Waals surface area contributed by atoms with E-state index in [2.05, 4.69) is 14.7 Å². The Balaban J connectivity index is 1.90. The first-order chi connectivity index (χ1) is 12.1. The van der Waals surface area contributed by atoms with Crippen LogP contribution in [0.25, 0.3) is 22.4 Å². The molecule has 25 heavy (non-hydrogen) atoms. The molecule has 0 bridgehead atoms. The zero-order valence-corrected chi connectivity index (χ0v) is 14.3. The third-order valence-electron chi connectivity index (χ3n) is 3.84. The van der Waals surface area contributed by atoms with E-state index in [1.165, 1.54) is 18.5 Å². The van der Waals surface area contributed by atoms with Gasteiger partial charge >= 0.3 is 0 Å². The minimum absolute atomic E-state index is 0.318. The van der Waals surface area contributed by atoms with Crippen LogP contribution in [-0.2, 0) is 11.0 Å². The molecule has 0 amide bonds. The smallest absolute Gasteiger partial charge is 0.176 e. The number of anilines is 1. The first kappa shape index (κ1) is 15.9. The molecule has 4 rings (SSSR count). The van der Waals surface area contributed by atoms with Crippen LogP contribution in [0.15, 0.2) is 64.0 Å². The van der Waals surface area contributed by atoms with Crippen molar-refractivity contribution in [1.29, 1.82) is 0 Å². The zero-order valence-electron chi connectivity index (χ0n) is 12.7. The van der Waals surface area contributed by atoms with Crippen LogP contribution in [0.4, 0.5) is 10.1 Å². The first-order valence-corrected chi connectivity index (χ1v) is 8.88. The second kappa shape index (κ2) is 6.38. The zero-order chi connectivity index (χ0) is 17.4. The molecule has 1 unspecified atom stereocenters. The van der Waals surface area contributed by atoms with E-state index < -0.39 is 16.8 Å². The van der Waals surface area contributed by atoms with Crippen molar-refractivity contribution < 1.29 is 8.60 Å². The summed E-state index contributed by atoms with van der Waals surface area (Å²) < 4.78 is 30.3. The Morgan fingerprint density at radius 2 is 1.96 bits per heavy atom. The Hall–Kier alpha value is -2.57. The van der Waals surface area contributed by atoms with Crippen molar-refractivity contribution in [3.8, 4) is 22.4 Å². The molecule has 7 heteroatoms. The molecule has 1 N–H and O–H groups in total. The number of nitrogens with zero attached hydrogens (tertiary/aromatic N) is 2. The number of benzene rings is 2. The number of aromatic nitrogens is 1. The van der Waals surface area contributed by atoms with Crippen molar-refractivity contribution in [2.45, 2.75) is 4.90 Å². The lowest BCUT2D eigenvalue weighted by atomic mass is 9.99. The fourth-order valence-electron chi connectivity index (χ4n) is 2.69. The number of nitrogens with one attached hydrogen (secondary N) is 1. The van der Waals surface area contributed by atoms with Crippen LogP contribution in [-0.4, -0.2) is 15.5 Å². The average molecular weight is 372 g/mol. The average Bonchev–Trinajstić information content (AvgIpc) is 2.64. The predicted molar refractivity (Wildman–Crippen MR) is 98.6 cm³/mol. The van der Waals surface area contributed by atoms with E-state index in [-0.39, 0.29) is 0 Å². The fourth-order valence-corrected chi connectivity index (χ4v) is 3.66. The maximum Gasteiger partial charge on any atom is 0.176 e. The van der Waals surface area contributed by atoms with Crippen molar-refractivity contribution in [1.82, 2.24) is 4.98 Å². The number of hydrogen-bond donors (Lipinski definition) is 1. The molecule has 1 aromatic heterocycles. The Labute approximate surface area is 151 Å². The normalized spacial score (nSPS) is 15.5. The summed E-state index contributed by atoms with van der Waals surface area (Å²) in [6, 6.07) is 13.4. The van der Waals surface area contributed by atoms with Gasteiger partial charge in [-0.2, -0.15) is 4.40 Å². The molecular weight excluding hydrogens is 361 g/mol. The molecule has 3 aromatic rings. The molecule has 2 aromatic carbocycles. The molecule has 0 saturated carbocycles. The number of rotatable bonds is 2. The Morgan fingerprint density at radius 1 is 1.08 bits per heavy atom. The maximum absolute atomic E-state index is 14.3. The van der Waals surface area contributed by atoms with E-state index in [0.29, 0.717) is 21.2 Å². The van der Waals surface area contributed by atoms with Gasteiger partial charge in [0.2, 0.25) is 0 Å². The van der Waals surface area contributed by atoms with Crippen LogP contribution in [0.2, 0.25) is 5.02 Å². The van der Waals surface area contributed by atoms with Gasteiger partial charge in [-0.05, 0) is 42.0 Å². The molecule has 1 aliphatic rings. The van der Waals surface area contributed by atoms with Gasteiger partial charge in [0.05, 0.1) is 16.3 Å². The molecule has 4 nitrogen and oxygen atoms in total. The van der Waals surface area contributed by atoms with Crippen LogP contribution in [0, 0.1) is 5.82 Å². The number of pyridine rings is 1. The van der Waals surface area contributed by atoms with Gasteiger partial charge in [-0.1, -0.05) is 23.7 Å². The highest BCUT2D eigenvalue weighted by molar-refractivity contribution is 7.84. The van der Waals surface area contributed by atoms with E-state index in [4.69, 9.17) is 11.6 Å². The van der Waals surface area contributed by atoms with Crippen molar-refractivity contribution in [3.05, 3.63) is 65.6 Å². The third kappa shape index (κ3) is 2.94. The molecule has 124 valence electrons. The molecule has 0 saturated heterocycles. The van der Waals surface area contributed by atoms with E-state index in [1.54, 1.807) is 24.4 Å². The van der Waals surface area contributed by atoms with E-state index >= 15 is 0 Å². The van der Waals surface area contributed by atoms with Gasteiger partial charge in [-0.3, -0.25) is 4.98 Å². The maximum atomic E-state index is 14.3. The minimum atomic E-state index is -1.47. The van der Waals surface area contributed by atoms with Gasteiger partial charge < -0.3 is 5.32 Å². The summed E-state index contributed by atoms with van der Waals surface area (Å²) in [6.07, 6.45) is 3.01. The van der Waals surface area contributed by atoms with Gasteiger partial charge in [-0.15, -0.1) is 0 Å². The van der Waals surface area contributed by atoms with Crippen molar-refractivity contribution >= 4 is 34.6 Å². The lowest BCUT2D eigenvalue weighted by Crippen LogP contribution is -2.07. The number of hydrogen-bond acceptors (Lipinski definition) is 3. The second-order valence-corrected chi connectivity index (χ2v) is 6.95. The van der Waals surface area contributed by atoms with Gasteiger partial charge in [0.15, 0.2) is 11.0 Å². The highest BCUT2D eigenvalue weighted by atomic mass is 35.5. The molecule has 0 aliphatic carbocycles. The lowest BCUT2D eigenvalue weighted by molar-refractivity contribution is 0.631. The van der Waals surface area contributed by atoms with Crippen LogP contribution >= 0.6 is 11.6 Å². The summed E-state index contributed by atoms with van der Waals surface area (Å²) in [5.41, 5.74) is 3.02. The van der Waals surface area contributed by atoms with Gasteiger partial charge in [0.25, 0.3) is 0 Å². The minimum Gasteiger partial charge on any atom is -0.345 e. The Morgan fingerprint density at radius 3 is 2.84 bits per heavy atom. The summed E-state index contributed by atoms with van der Waals surface area (Å²) in [7, 11) is -1.47. The quantitative estimate of drug-likeness (QED) is 0.711. The highest BCUT2D eigenvalue weighted by Gasteiger charge is 2.17. The standard InChI is InChI=1S/C18H11ClFN3OS/c19-12-4-5-15(20)14(9-12)18-13(2-1-7-21-18)11-3-6-16-17(8-11)25(24)23-10-22-16/h1-10H,(H,22,23). The first-order valence-electron chi connectivity index (χ1n) is 7.39. The monoisotopic (exact) mass is 371 g/mol. The summed E-state index contributed by atoms with van der Waals surface area (Å²) in [5, 5.41) is 3.39. The van der Waals surface area contributed by atoms with Crippen LogP contribution in [0.5, 0.6) is 0 Å². The Bertz CT molecular complexity index is 1040. The fraction of sp³-hybridized carbons (Fsp3) is 0. The molecule has 0 radical (unpaired) electrons. The number of fused-ring (bicyclic) bond motifs is 1. The van der Waals surface area contributed by atoms with Gasteiger partial charge in [0.1, 0.15) is 12.2 Å². The Kier molecular flexibility index (Phi) is 4.07. The van der Waals surface area contributed by atoms with Crippen molar-refractivity contribution in [3.63, 3.8) is 0 Å². The van der Waals surface area contributed by atoms with Crippen LogP contribution in [0.1, 0.15) is 0 Å². The molecule has 2 heterocycles. The molecule has 1 aliphatic heterocycles. The lowest BCUT2D eigenvalue weighted by Gasteiger charge is -2.14. The highest BCUT2D eigenvalue weighted by Crippen LogP contribution is 2.35. The summed E-state index contributed by atoms with van der Waals surface area (Å²) in [5.74, 6) is -0.405. The van der Waals surface area contributed by atoms with Gasteiger partial charge in [-0.25, -0.2) is 8.60 Å². The molecule has 1 atom stereocenters. The summed E-state index contributed by atoms with van der Waals surface area (Å²) in [6.45, 7) is 0.